The summed E-state index contributed by atoms with van der Waals surface area (Å²) in [7, 11) is 1.68. The third kappa shape index (κ3) is 4.17. The van der Waals surface area contributed by atoms with Crippen molar-refractivity contribution in [3.05, 3.63) is 81.8 Å². The number of nitrogens with zero attached hydrogens (tertiary/aromatic N) is 1. The van der Waals surface area contributed by atoms with Gasteiger partial charge in [0.25, 0.3) is 5.56 Å². The van der Waals surface area contributed by atoms with Gasteiger partial charge in [-0.25, -0.2) is 5.10 Å². The van der Waals surface area contributed by atoms with Crippen molar-refractivity contribution < 1.29 is 4.74 Å². The van der Waals surface area contributed by atoms with E-state index < -0.39 is 0 Å². The second kappa shape index (κ2) is 7.62. The topological polar surface area (TPSA) is 55.0 Å². The summed E-state index contributed by atoms with van der Waals surface area (Å²) in [6.07, 6.45) is 5.67. The van der Waals surface area contributed by atoms with Gasteiger partial charge in [0, 0.05) is 17.3 Å². The number of hydrogen-bond donors (Lipinski definition) is 1. The summed E-state index contributed by atoms with van der Waals surface area (Å²) in [5.74, 6) is 0.823. The molecule has 4 heteroatoms. The number of hydrogen-bond acceptors (Lipinski definition) is 3. The van der Waals surface area contributed by atoms with E-state index in [-0.39, 0.29) is 11.0 Å². The maximum atomic E-state index is 12.3. The van der Waals surface area contributed by atoms with Gasteiger partial charge in [-0.05, 0) is 34.7 Å². The highest BCUT2D eigenvalue weighted by Crippen LogP contribution is 2.38. The fraction of sp³-hybridized carbons (Fsp3) is 0.217. The van der Waals surface area contributed by atoms with E-state index in [1.165, 1.54) is 0 Å². The van der Waals surface area contributed by atoms with Crippen molar-refractivity contribution in [3.8, 4) is 16.9 Å². The number of benzene rings is 2. The predicted molar refractivity (Wildman–Crippen MR) is 111 cm³/mol. The van der Waals surface area contributed by atoms with Gasteiger partial charge in [0.2, 0.25) is 0 Å². The SMILES string of the molecule is COc1c(C=Cc2ccccc2)cc(-c2ccn[nH]c2=O)cc1C(C)(C)C. The minimum absolute atomic E-state index is 0.142. The van der Waals surface area contributed by atoms with E-state index in [2.05, 4.69) is 31.0 Å². The molecule has 0 saturated carbocycles. The van der Waals surface area contributed by atoms with Gasteiger partial charge in [-0.3, -0.25) is 4.79 Å². The second-order valence-electron chi connectivity index (χ2n) is 7.44. The molecule has 2 aromatic carbocycles. The zero-order valence-corrected chi connectivity index (χ0v) is 16.1. The molecule has 0 fully saturated rings. The summed E-state index contributed by atoms with van der Waals surface area (Å²) >= 11 is 0. The average Bonchev–Trinajstić information content (AvgIpc) is 2.66. The molecule has 0 saturated heterocycles. The fourth-order valence-corrected chi connectivity index (χ4v) is 3.04. The van der Waals surface area contributed by atoms with E-state index in [0.717, 1.165) is 28.0 Å². The quantitative estimate of drug-likeness (QED) is 0.672. The van der Waals surface area contributed by atoms with Crippen LogP contribution in [0.4, 0.5) is 0 Å². The van der Waals surface area contributed by atoms with E-state index >= 15 is 0 Å². The molecule has 138 valence electrons. The maximum absolute atomic E-state index is 12.3. The molecule has 1 aromatic heterocycles. The minimum atomic E-state index is -0.208. The first-order chi connectivity index (χ1) is 12.9. The molecule has 1 N–H and O–H groups in total. The standard InChI is InChI=1S/C23H24N2O2/c1-23(2,3)20-15-18(19-12-13-24-25-22(19)26)14-17(21(20)27-4)11-10-16-8-6-5-7-9-16/h5-15H,1-4H3,(H,25,26). The van der Waals surface area contributed by atoms with Gasteiger partial charge in [-0.2, -0.15) is 5.10 Å². The van der Waals surface area contributed by atoms with Gasteiger partial charge in [-0.1, -0.05) is 63.3 Å². The Bertz CT molecular complexity index is 1010. The first kappa shape index (κ1) is 18.6. The molecule has 0 aliphatic heterocycles. The number of aromatic nitrogens is 2. The van der Waals surface area contributed by atoms with Crippen molar-refractivity contribution in [1.29, 1.82) is 0 Å². The molecule has 0 bridgehead atoms. The van der Waals surface area contributed by atoms with Gasteiger partial charge in [-0.15, -0.1) is 0 Å². The Morgan fingerprint density at radius 2 is 1.78 bits per heavy atom. The summed E-state index contributed by atoms with van der Waals surface area (Å²) in [6.45, 7) is 6.41. The van der Waals surface area contributed by atoms with Crippen LogP contribution in [-0.2, 0) is 5.41 Å². The Balaban J connectivity index is 2.21. The molecule has 3 aromatic rings. The lowest BCUT2D eigenvalue weighted by Crippen LogP contribution is -2.15. The summed E-state index contributed by atoms with van der Waals surface area (Å²) in [6, 6.07) is 15.8. The van der Waals surface area contributed by atoms with E-state index in [1.807, 2.05) is 54.6 Å². The van der Waals surface area contributed by atoms with Crippen LogP contribution < -0.4 is 10.3 Å². The van der Waals surface area contributed by atoms with Crippen LogP contribution in [0.2, 0.25) is 0 Å². The van der Waals surface area contributed by atoms with E-state index in [1.54, 1.807) is 19.4 Å². The molecule has 0 aliphatic rings. The summed E-state index contributed by atoms with van der Waals surface area (Å²) in [5.41, 5.74) is 4.16. The largest absolute Gasteiger partial charge is 0.496 e. The fourth-order valence-electron chi connectivity index (χ4n) is 3.04. The summed E-state index contributed by atoms with van der Waals surface area (Å²) in [4.78, 5) is 12.3. The summed E-state index contributed by atoms with van der Waals surface area (Å²) < 4.78 is 5.76. The molecule has 0 spiro atoms. The lowest BCUT2D eigenvalue weighted by atomic mass is 9.83. The van der Waals surface area contributed by atoms with Gasteiger partial charge in [0.05, 0.1) is 12.7 Å². The Kier molecular flexibility index (Phi) is 5.26. The number of methoxy groups -OCH3 is 1. The van der Waals surface area contributed by atoms with Crippen molar-refractivity contribution in [2.45, 2.75) is 26.2 Å². The molecule has 0 unspecified atom stereocenters. The van der Waals surface area contributed by atoms with Crippen molar-refractivity contribution in [2.75, 3.05) is 7.11 Å². The minimum Gasteiger partial charge on any atom is -0.496 e. The molecule has 0 amide bonds. The average molecular weight is 360 g/mol. The lowest BCUT2D eigenvalue weighted by Gasteiger charge is -2.24. The third-order valence-electron chi connectivity index (χ3n) is 4.42. The van der Waals surface area contributed by atoms with Crippen LogP contribution >= 0.6 is 0 Å². The van der Waals surface area contributed by atoms with Crippen LogP contribution in [0.25, 0.3) is 23.3 Å². The second-order valence-corrected chi connectivity index (χ2v) is 7.44. The molecular weight excluding hydrogens is 336 g/mol. The first-order valence-corrected chi connectivity index (χ1v) is 8.90. The maximum Gasteiger partial charge on any atom is 0.272 e. The van der Waals surface area contributed by atoms with Gasteiger partial charge in [0.1, 0.15) is 5.75 Å². The Morgan fingerprint density at radius 3 is 2.41 bits per heavy atom. The van der Waals surface area contributed by atoms with Gasteiger partial charge >= 0.3 is 0 Å². The third-order valence-corrected chi connectivity index (χ3v) is 4.42. The molecule has 0 aliphatic carbocycles. The molecule has 0 radical (unpaired) electrons. The van der Waals surface area contributed by atoms with E-state index in [9.17, 15) is 4.79 Å². The van der Waals surface area contributed by atoms with Crippen LogP contribution in [-0.4, -0.2) is 17.3 Å². The van der Waals surface area contributed by atoms with Crippen molar-refractivity contribution in [1.82, 2.24) is 10.2 Å². The van der Waals surface area contributed by atoms with Gasteiger partial charge < -0.3 is 4.74 Å². The normalized spacial score (nSPS) is 11.7. The van der Waals surface area contributed by atoms with Crippen molar-refractivity contribution in [3.63, 3.8) is 0 Å². The number of rotatable bonds is 4. The summed E-state index contributed by atoms with van der Waals surface area (Å²) in [5, 5.41) is 6.31. The predicted octanol–water partition coefficient (Wildman–Crippen LogP) is 4.91. The monoisotopic (exact) mass is 360 g/mol. The lowest BCUT2D eigenvalue weighted by molar-refractivity contribution is 0.397. The molecule has 0 atom stereocenters. The zero-order valence-electron chi connectivity index (χ0n) is 16.1. The van der Waals surface area contributed by atoms with Crippen molar-refractivity contribution in [2.24, 2.45) is 0 Å². The highest BCUT2D eigenvalue weighted by atomic mass is 16.5. The van der Waals surface area contributed by atoms with Crippen LogP contribution in [0, 0.1) is 0 Å². The number of aromatic amines is 1. The Morgan fingerprint density at radius 1 is 1.04 bits per heavy atom. The first-order valence-electron chi connectivity index (χ1n) is 8.90. The number of nitrogens with one attached hydrogen (secondary N) is 1. The van der Waals surface area contributed by atoms with E-state index in [0.29, 0.717) is 5.56 Å². The Labute approximate surface area is 159 Å². The number of ether oxygens (including phenoxy) is 1. The molecular formula is C23H24N2O2. The molecule has 3 rings (SSSR count). The highest BCUT2D eigenvalue weighted by Gasteiger charge is 2.22. The van der Waals surface area contributed by atoms with E-state index in [4.69, 9.17) is 4.74 Å². The highest BCUT2D eigenvalue weighted by molar-refractivity contribution is 5.78. The Hall–Kier alpha value is -3.14. The zero-order chi connectivity index (χ0) is 19.4. The van der Waals surface area contributed by atoms with Crippen LogP contribution in [0.3, 0.4) is 0 Å². The van der Waals surface area contributed by atoms with Gasteiger partial charge in [0.15, 0.2) is 0 Å². The molecule has 1 heterocycles. The van der Waals surface area contributed by atoms with Crippen molar-refractivity contribution >= 4 is 12.2 Å². The molecule has 27 heavy (non-hydrogen) atoms. The smallest absolute Gasteiger partial charge is 0.272 e. The van der Waals surface area contributed by atoms with Crippen LogP contribution in [0.15, 0.2) is 59.5 Å². The van der Waals surface area contributed by atoms with Crippen LogP contribution in [0.1, 0.15) is 37.5 Å². The molecule has 4 nitrogen and oxygen atoms in total. The number of H-pyrrole nitrogens is 1. The van der Waals surface area contributed by atoms with Crippen LogP contribution in [0.5, 0.6) is 5.75 Å².